The van der Waals surface area contributed by atoms with Gasteiger partial charge < -0.3 is 10.5 Å². The molecule has 0 atom stereocenters. The SMILES string of the molecule is CCCCOCCN(Cc1cccc(N)c1)C1CC1. The molecular formula is C16H26N2O. The first-order valence-corrected chi connectivity index (χ1v) is 7.46. The molecule has 1 aromatic carbocycles. The molecule has 1 fully saturated rings. The summed E-state index contributed by atoms with van der Waals surface area (Å²) in [5.41, 5.74) is 8.00. The summed E-state index contributed by atoms with van der Waals surface area (Å²) in [6, 6.07) is 8.97. The summed E-state index contributed by atoms with van der Waals surface area (Å²) in [5, 5.41) is 0. The molecule has 0 bridgehead atoms. The molecule has 3 heteroatoms. The second kappa shape index (κ2) is 7.51. The van der Waals surface area contributed by atoms with E-state index in [9.17, 15) is 0 Å². The standard InChI is InChI=1S/C16H26N2O/c1-2-3-10-19-11-9-18(16-7-8-16)13-14-5-4-6-15(17)12-14/h4-6,12,16H,2-3,7-11,13,17H2,1H3. The van der Waals surface area contributed by atoms with Crippen LogP contribution >= 0.6 is 0 Å². The van der Waals surface area contributed by atoms with E-state index in [4.69, 9.17) is 10.5 Å². The number of anilines is 1. The predicted molar refractivity (Wildman–Crippen MR) is 80.0 cm³/mol. The summed E-state index contributed by atoms with van der Waals surface area (Å²) in [6.45, 7) is 5.96. The van der Waals surface area contributed by atoms with Gasteiger partial charge in [0.2, 0.25) is 0 Å². The molecule has 19 heavy (non-hydrogen) atoms. The van der Waals surface area contributed by atoms with Crippen molar-refractivity contribution in [3.05, 3.63) is 29.8 Å². The molecule has 0 aliphatic heterocycles. The lowest BCUT2D eigenvalue weighted by Gasteiger charge is -2.22. The highest BCUT2D eigenvalue weighted by Gasteiger charge is 2.28. The Kier molecular flexibility index (Phi) is 5.67. The molecule has 0 radical (unpaired) electrons. The van der Waals surface area contributed by atoms with E-state index in [1.165, 1.54) is 31.2 Å². The predicted octanol–water partition coefficient (Wildman–Crippen LogP) is 3.05. The smallest absolute Gasteiger partial charge is 0.0593 e. The van der Waals surface area contributed by atoms with Gasteiger partial charge in [-0.25, -0.2) is 0 Å². The Bertz CT molecular complexity index is 377. The second-order valence-electron chi connectivity index (χ2n) is 5.41. The lowest BCUT2D eigenvalue weighted by molar-refractivity contribution is 0.0963. The van der Waals surface area contributed by atoms with Gasteiger partial charge in [0, 0.05) is 31.4 Å². The van der Waals surface area contributed by atoms with Crippen molar-refractivity contribution in [1.29, 1.82) is 0 Å². The maximum absolute atomic E-state index is 5.84. The second-order valence-corrected chi connectivity index (χ2v) is 5.41. The number of rotatable bonds is 9. The maximum Gasteiger partial charge on any atom is 0.0593 e. The van der Waals surface area contributed by atoms with Gasteiger partial charge in [-0.3, -0.25) is 4.90 Å². The van der Waals surface area contributed by atoms with E-state index in [1.54, 1.807) is 0 Å². The van der Waals surface area contributed by atoms with Gasteiger partial charge in [-0.1, -0.05) is 25.5 Å². The van der Waals surface area contributed by atoms with E-state index in [2.05, 4.69) is 24.0 Å². The van der Waals surface area contributed by atoms with Gasteiger partial charge in [-0.15, -0.1) is 0 Å². The molecule has 2 rings (SSSR count). The Morgan fingerprint density at radius 3 is 2.84 bits per heavy atom. The lowest BCUT2D eigenvalue weighted by Crippen LogP contribution is -2.29. The summed E-state index contributed by atoms with van der Waals surface area (Å²) in [6.07, 6.45) is 5.03. The number of unbranched alkanes of at least 4 members (excludes halogenated alkanes) is 1. The largest absolute Gasteiger partial charge is 0.399 e. The topological polar surface area (TPSA) is 38.5 Å². The minimum absolute atomic E-state index is 0.760. The van der Waals surface area contributed by atoms with Crippen LogP contribution in [0.4, 0.5) is 5.69 Å². The fraction of sp³-hybridized carbons (Fsp3) is 0.625. The van der Waals surface area contributed by atoms with E-state index in [-0.39, 0.29) is 0 Å². The maximum atomic E-state index is 5.84. The summed E-state index contributed by atoms with van der Waals surface area (Å²) < 4.78 is 5.68. The first-order chi connectivity index (χ1) is 9.29. The minimum atomic E-state index is 0.760. The van der Waals surface area contributed by atoms with Crippen LogP contribution in [0.3, 0.4) is 0 Å². The average molecular weight is 262 g/mol. The number of ether oxygens (including phenoxy) is 1. The zero-order valence-electron chi connectivity index (χ0n) is 12.0. The highest BCUT2D eigenvalue weighted by molar-refractivity contribution is 5.40. The van der Waals surface area contributed by atoms with E-state index in [0.717, 1.165) is 38.0 Å². The molecule has 2 N–H and O–H groups in total. The molecule has 1 aliphatic carbocycles. The normalized spacial score (nSPS) is 15.1. The van der Waals surface area contributed by atoms with Gasteiger partial charge >= 0.3 is 0 Å². The summed E-state index contributed by atoms with van der Waals surface area (Å²) in [4.78, 5) is 2.53. The first kappa shape index (κ1) is 14.4. The van der Waals surface area contributed by atoms with Gasteiger partial charge in [-0.2, -0.15) is 0 Å². The van der Waals surface area contributed by atoms with Gasteiger partial charge in [0.1, 0.15) is 0 Å². The fourth-order valence-corrected chi connectivity index (χ4v) is 2.29. The molecule has 0 aromatic heterocycles. The van der Waals surface area contributed by atoms with E-state index in [1.807, 2.05) is 12.1 Å². The molecule has 0 saturated heterocycles. The summed E-state index contributed by atoms with van der Waals surface area (Å²) >= 11 is 0. The van der Waals surface area contributed by atoms with Crippen molar-refractivity contribution in [1.82, 2.24) is 4.90 Å². The highest BCUT2D eigenvalue weighted by Crippen LogP contribution is 2.28. The molecule has 1 aliphatic rings. The van der Waals surface area contributed by atoms with Gasteiger partial charge in [0.25, 0.3) is 0 Å². The minimum Gasteiger partial charge on any atom is -0.399 e. The quantitative estimate of drug-likeness (QED) is 0.549. The fourth-order valence-electron chi connectivity index (χ4n) is 2.29. The molecule has 0 amide bonds. The first-order valence-electron chi connectivity index (χ1n) is 7.46. The van der Waals surface area contributed by atoms with Crippen molar-refractivity contribution in [2.24, 2.45) is 0 Å². The highest BCUT2D eigenvalue weighted by atomic mass is 16.5. The van der Waals surface area contributed by atoms with Crippen LogP contribution in [0, 0.1) is 0 Å². The number of benzene rings is 1. The zero-order chi connectivity index (χ0) is 13.5. The van der Waals surface area contributed by atoms with Gasteiger partial charge in [0.15, 0.2) is 0 Å². The number of nitrogens with zero attached hydrogens (tertiary/aromatic N) is 1. The Labute approximate surface area is 116 Å². The van der Waals surface area contributed by atoms with Crippen LogP contribution in [-0.4, -0.2) is 30.7 Å². The van der Waals surface area contributed by atoms with Crippen molar-refractivity contribution in [3.8, 4) is 0 Å². The Balaban J connectivity index is 1.76. The van der Waals surface area contributed by atoms with Gasteiger partial charge in [-0.05, 0) is 37.0 Å². The van der Waals surface area contributed by atoms with Crippen molar-refractivity contribution < 1.29 is 4.74 Å². The van der Waals surface area contributed by atoms with Crippen LogP contribution in [-0.2, 0) is 11.3 Å². The number of nitrogens with two attached hydrogens (primary N) is 1. The molecule has 1 saturated carbocycles. The van der Waals surface area contributed by atoms with Crippen LogP contribution in [0.1, 0.15) is 38.2 Å². The van der Waals surface area contributed by atoms with Crippen LogP contribution < -0.4 is 5.73 Å². The van der Waals surface area contributed by atoms with Gasteiger partial charge in [0.05, 0.1) is 6.61 Å². The number of hydrogen-bond acceptors (Lipinski definition) is 3. The molecule has 0 spiro atoms. The third kappa shape index (κ3) is 5.21. The van der Waals surface area contributed by atoms with Crippen molar-refractivity contribution in [2.75, 3.05) is 25.5 Å². The van der Waals surface area contributed by atoms with Crippen LogP contribution in [0.15, 0.2) is 24.3 Å². The molecule has 0 heterocycles. The lowest BCUT2D eigenvalue weighted by atomic mass is 10.2. The van der Waals surface area contributed by atoms with Crippen molar-refractivity contribution in [3.63, 3.8) is 0 Å². The van der Waals surface area contributed by atoms with E-state index < -0.39 is 0 Å². The molecular weight excluding hydrogens is 236 g/mol. The average Bonchev–Trinajstić information content (AvgIpc) is 3.21. The molecule has 1 aromatic rings. The van der Waals surface area contributed by atoms with Crippen LogP contribution in [0.2, 0.25) is 0 Å². The Hall–Kier alpha value is -1.06. The van der Waals surface area contributed by atoms with E-state index >= 15 is 0 Å². The number of nitrogen functional groups attached to an aromatic ring is 1. The van der Waals surface area contributed by atoms with Crippen LogP contribution in [0.25, 0.3) is 0 Å². The molecule has 106 valence electrons. The summed E-state index contributed by atoms with van der Waals surface area (Å²) in [7, 11) is 0. The summed E-state index contributed by atoms with van der Waals surface area (Å²) in [5.74, 6) is 0. The zero-order valence-corrected chi connectivity index (χ0v) is 12.0. The Morgan fingerprint density at radius 1 is 1.32 bits per heavy atom. The molecule has 3 nitrogen and oxygen atoms in total. The third-order valence-electron chi connectivity index (χ3n) is 3.57. The third-order valence-corrected chi connectivity index (χ3v) is 3.57. The van der Waals surface area contributed by atoms with Crippen molar-refractivity contribution in [2.45, 2.75) is 45.2 Å². The molecule has 0 unspecified atom stereocenters. The van der Waals surface area contributed by atoms with Crippen LogP contribution in [0.5, 0.6) is 0 Å². The van der Waals surface area contributed by atoms with Crippen molar-refractivity contribution >= 4 is 5.69 Å². The number of hydrogen-bond donors (Lipinski definition) is 1. The Morgan fingerprint density at radius 2 is 2.16 bits per heavy atom. The monoisotopic (exact) mass is 262 g/mol. The van der Waals surface area contributed by atoms with E-state index in [0.29, 0.717) is 0 Å².